The Morgan fingerprint density at radius 1 is 1.21 bits per heavy atom. The predicted molar refractivity (Wildman–Crippen MR) is 126 cm³/mol. The second-order valence-corrected chi connectivity index (χ2v) is 9.60. The molecule has 1 fully saturated rings. The maximum Gasteiger partial charge on any atom is 0.219 e. The molecule has 1 saturated heterocycles. The smallest absolute Gasteiger partial charge is 0.219 e. The molecule has 0 unspecified atom stereocenters. The summed E-state index contributed by atoms with van der Waals surface area (Å²) in [5.41, 5.74) is 6.79. The third kappa shape index (κ3) is 3.43. The van der Waals surface area contributed by atoms with Crippen LogP contribution < -0.4 is 4.90 Å². The molecule has 0 spiro atoms. The van der Waals surface area contributed by atoms with Crippen LogP contribution in [0.3, 0.4) is 0 Å². The van der Waals surface area contributed by atoms with Crippen molar-refractivity contribution in [2.75, 3.05) is 31.2 Å². The van der Waals surface area contributed by atoms with Crippen LogP contribution in [0.15, 0.2) is 24.5 Å². The number of anilines is 2. The van der Waals surface area contributed by atoms with Gasteiger partial charge in [-0.15, -0.1) is 0 Å². The first-order chi connectivity index (χ1) is 16.0. The van der Waals surface area contributed by atoms with Crippen molar-refractivity contribution in [2.45, 2.75) is 38.8 Å². The highest BCUT2D eigenvalue weighted by atomic mass is 35.5. The number of ether oxygens (including phenoxy) is 1. The van der Waals surface area contributed by atoms with Crippen LogP contribution in [0, 0.1) is 0 Å². The van der Waals surface area contributed by atoms with E-state index in [-0.39, 0.29) is 11.9 Å². The van der Waals surface area contributed by atoms with E-state index < -0.39 is 0 Å². The number of aromatic nitrogens is 4. The van der Waals surface area contributed by atoms with Crippen LogP contribution >= 0.6 is 11.6 Å². The highest BCUT2D eigenvalue weighted by Crippen LogP contribution is 2.42. The molecular weight excluding hydrogens is 440 g/mol. The highest BCUT2D eigenvalue weighted by molar-refractivity contribution is 6.33. The minimum absolute atomic E-state index is 0.106. The summed E-state index contributed by atoms with van der Waals surface area (Å²) in [6.45, 7) is 5.24. The van der Waals surface area contributed by atoms with E-state index >= 15 is 0 Å². The number of benzene rings is 1. The molecule has 1 amide bonds. The fourth-order valence-corrected chi connectivity index (χ4v) is 5.46. The topological polar surface area (TPSA) is 68.4 Å². The monoisotopic (exact) mass is 466 g/mol. The molecule has 0 aliphatic carbocycles. The Labute approximate surface area is 197 Å². The van der Waals surface area contributed by atoms with Gasteiger partial charge in [0.2, 0.25) is 5.91 Å². The van der Waals surface area contributed by atoms with Crippen molar-refractivity contribution in [1.29, 1.82) is 0 Å². The Balaban J connectivity index is 1.44. The number of rotatable bonds is 3. The minimum Gasteiger partial charge on any atom is -0.377 e. The summed E-state index contributed by atoms with van der Waals surface area (Å²) in [5.74, 6) is 1.06. The molecule has 3 aromatic rings. The number of halogens is 1. The molecule has 0 radical (unpaired) electrons. The Hall–Kier alpha value is -2.84. The molecule has 0 saturated carbocycles. The summed E-state index contributed by atoms with van der Waals surface area (Å²) < 4.78 is 9.41. The van der Waals surface area contributed by atoms with Crippen LogP contribution in [-0.4, -0.2) is 56.7 Å². The third-order valence-corrected chi connectivity index (χ3v) is 7.35. The van der Waals surface area contributed by atoms with E-state index in [0.717, 1.165) is 60.5 Å². The van der Waals surface area contributed by atoms with Gasteiger partial charge >= 0.3 is 0 Å². The Morgan fingerprint density at radius 2 is 2.06 bits per heavy atom. The van der Waals surface area contributed by atoms with Crippen molar-refractivity contribution in [3.8, 4) is 11.1 Å². The van der Waals surface area contributed by atoms with Gasteiger partial charge in [0, 0.05) is 67.8 Å². The number of carbonyl (C=O) groups excluding carboxylic acids is 1. The lowest BCUT2D eigenvalue weighted by Gasteiger charge is -2.33. The molecule has 33 heavy (non-hydrogen) atoms. The summed E-state index contributed by atoms with van der Waals surface area (Å²) in [5, 5.41) is 10.1. The quantitative estimate of drug-likeness (QED) is 0.591. The first kappa shape index (κ1) is 20.7. The lowest BCUT2D eigenvalue weighted by atomic mass is 9.96. The predicted octanol–water partition coefficient (Wildman–Crippen LogP) is 3.50. The van der Waals surface area contributed by atoms with Gasteiger partial charge < -0.3 is 14.5 Å². The van der Waals surface area contributed by atoms with Crippen molar-refractivity contribution in [1.82, 2.24) is 24.5 Å². The van der Waals surface area contributed by atoms with Crippen LogP contribution in [0.4, 0.5) is 11.5 Å². The van der Waals surface area contributed by atoms with Crippen LogP contribution in [0.25, 0.3) is 11.1 Å². The maximum atomic E-state index is 12.2. The number of nitrogens with zero attached hydrogens (tertiary/aromatic N) is 6. The van der Waals surface area contributed by atoms with Gasteiger partial charge in [-0.2, -0.15) is 10.2 Å². The van der Waals surface area contributed by atoms with Crippen molar-refractivity contribution in [3.63, 3.8) is 0 Å². The molecule has 6 rings (SSSR count). The fourth-order valence-electron chi connectivity index (χ4n) is 5.19. The summed E-state index contributed by atoms with van der Waals surface area (Å²) in [6, 6.07) is 4.55. The summed E-state index contributed by atoms with van der Waals surface area (Å²) in [6.07, 6.45) is 6.69. The van der Waals surface area contributed by atoms with Crippen molar-refractivity contribution in [3.05, 3.63) is 46.4 Å². The van der Waals surface area contributed by atoms with Gasteiger partial charge in [0.1, 0.15) is 0 Å². The lowest BCUT2D eigenvalue weighted by molar-refractivity contribution is -0.129. The second kappa shape index (κ2) is 7.88. The third-order valence-electron chi connectivity index (χ3n) is 7.03. The zero-order valence-corrected chi connectivity index (χ0v) is 19.7. The molecule has 0 atom stereocenters. The van der Waals surface area contributed by atoms with Crippen LogP contribution in [0.5, 0.6) is 0 Å². The molecule has 9 heteroatoms. The molecule has 5 heterocycles. The number of carbonyl (C=O) groups is 1. The second-order valence-electron chi connectivity index (χ2n) is 9.19. The molecule has 1 aromatic carbocycles. The van der Waals surface area contributed by atoms with Gasteiger partial charge in [0.25, 0.3) is 0 Å². The van der Waals surface area contributed by atoms with Gasteiger partial charge in [-0.05, 0) is 30.5 Å². The number of hydrogen-bond donors (Lipinski definition) is 0. The molecular formula is C24H27ClN6O2. The number of amides is 1. The molecule has 172 valence electrons. The lowest BCUT2D eigenvalue weighted by Crippen LogP contribution is -2.37. The molecule has 3 aliphatic heterocycles. The van der Waals surface area contributed by atoms with Gasteiger partial charge in [0.05, 0.1) is 37.0 Å². The number of aryl methyl sites for hydroxylation is 2. The summed E-state index contributed by atoms with van der Waals surface area (Å²) in [7, 11) is 1.91. The average Bonchev–Trinajstić information content (AvgIpc) is 3.35. The zero-order chi connectivity index (χ0) is 22.7. The van der Waals surface area contributed by atoms with Gasteiger partial charge in [-0.1, -0.05) is 11.6 Å². The average molecular weight is 467 g/mol. The van der Waals surface area contributed by atoms with Crippen molar-refractivity contribution >= 4 is 29.0 Å². The normalized spacial score (nSPS) is 18.2. The molecule has 0 bridgehead atoms. The van der Waals surface area contributed by atoms with Crippen molar-refractivity contribution < 1.29 is 9.53 Å². The molecule has 2 aromatic heterocycles. The number of fused-ring (bicyclic) bond motifs is 2. The minimum atomic E-state index is 0.106. The van der Waals surface area contributed by atoms with Gasteiger partial charge in [-0.25, -0.2) is 0 Å². The van der Waals surface area contributed by atoms with Crippen LogP contribution in [-0.2, 0) is 36.0 Å². The Morgan fingerprint density at radius 3 is 2.76 bits per heavy atom. The van der Waals surface area contributed by atoms with E-state index in [1.165, 1.54) is 11.3 Å². The van der Waals surface area contributed by atoms with Gasteiger partial charge in [0.15, 0.2) is 5.82 Å². The molecule has 3 aliphatic rings. The van der Waals surface area contributed by atoms with E-state index in [2.05, 4.69) is 26.8 Å². The summed E-state index contributed by atoms with van der Waals surface area (Å²) in [4.78, 5) is 16.4. The van der Waals surface area contributed by atoms with Crippen LogP contribution in [0.1, 0.15) is 36.2 Å². The maximum absolute atomic E-state index is 12.2. The largest absolute Gasteiger partial charge is 0.377 e. The zero-order valence-electron chi connectivity index (χ0n) is 18.9. The first-order valence-corrected chi connectivity index (χ1v) is 11.9. The standard InChI is InChI=1S/C24H27ClN6O2/c1-15(32)29-7-5-22-20(12-29)24(27-31(22)18-13-33-14-18)30-6-3-4-16-8-19(21(25)9-23(16)30)17-10-26-28(2)11-17/h8-11,18H,3-7,12-14H2,1-2H3. The Kier molecular flexibility index (Phi) is 4.96. The molecule has 8 nitrogen and oxygen atoms in total. The van der Waals surface area contributed by atoms with E-state index in [9.17, 15) is 4.79 Å². The van der Waals surface area contributed by atoms with Gasteiger partial charge in [-0.3, -0.25) is 14.2 Å². The number of hydrogen-bond acceptors (Lipinski definition) is 5. The van der Waals surface area contributed by atoms with E-state index in [4.69, 9.17) is 21.4 Å². The Bertz CT molecular complexity index is 1240. The first-order valence-electron chi connectivity index (χ1n) is 11.5. The van der Waals surface area contributed by atoms with Crippen molar-refractivity contribution in [2.24, 2.45) is 7.05 Å². The van der Waals surface area contributed by atoms with E-state index in [0.29, 0.717) is 24.8 Å². The van der Waals surface area contributed by atoms with E-state index in [1.807, 2.05) is 24.3 Å². The highest BCUT2D eigenvalue weighted by Gasteiger charge is 2.34. The molecule has 0 N–H and O–H groups in total. The fraction of sp³-hybridized carbons (Fsp3) is 0.458. The SMILES string of the molecule is CC(=O)N1CCc2c(c(N3CCCc4cc(-c5cnn(C)c5)c(Cl)cc43)nn2C2COC2)C1. The summed E-state index contributed by atoms with van der Waals surface area (Å²) >= 11 is 6.79. The van der Waals surface area contributed by atoms with E-state index in [1.54, 1.807) is 11.6 Å². The van der Waals surface area contributed by atoms with Crippen LogP contribution in [0.2, 0.25) is 5.02 Å².